The molecule has 0 aliphatic heterocycles. The molecule has 6 heteroatoms. The molecule has 0 atom stereocenters. The van der Waals surface area contributed by atoms with Crippen LogP contribution < -0.4 is 10.2 Å². The summed E-state index contributed by atoms with van der Waals surface area (Å²) in [6, 6.07) is 0. The van der Waals surface area contributed by atoms with Crippen LogP contribution in [0.4, 0.5) is 11.6 Å². The molecule has 0 aromatic carbocycles. The maximum Gasteiger partial charge on any atom is 0.241 e. The average Bonchev–Trinajstić information content (AvgIpc) is 2.46. The summed E-state index contributed by atoms with van der Waals surface area (Å²) in [6.45, 7) is 5.45. The Morgan fingerprint density at radius 1 is 1.19 bits per heavy atom. The number of carbonyl (C=O) groups excluding carboxylic acids is 1. The zero-order valence-electron chi connectivity index (χ0n) is 13.8. The molecule has 1 amide bonds. The topological polar surface area (TPSA) is 61.4 Å². The highest BCUT2D eigenvalue weighted by Gasteiger charge is 2.16. The van der Waals surface area contributed by atoms with E-state index in [4.69, 9.17) is 0 Å². The van der Waals surface area contributed by atoms with E-state index in [0.717, 1.165) is 43.0 Å². The van der Waals surface area contributed by atoms with Gasteiger partial charge >= 0.3 is 0 Å². The van der Waals surface area contributed by atoms with Crippen LogP contribution in [0.5, 0.6) is 0 Å². The van der Waals surface area contributed by atoms with Crippen molar-refractivity contribution in [2.75, 3.05) is 44.4 Å². The Hall–Kier alpha value is -1.85. The van der Waals surface area contributed by atoms with Crippen molar-refractivity contribution in [3.63, 3.8) is 0 Å². The van der Waals surface area contributed by atoms with Gasteiger partial charge < -0.3 is 15.1 Å². The summed E-state index contributed by atoms with van der Waals surface area (Å²) in [5, 5.41) is 3.35. The molecule has 0 fully saturated rings. The lowest BCUT2D eigenvalue weighted by molar-refractivity contribution is -0.127. The number of hydrogen-bond donors (Lipinski definition) is 1. The Labute approximate surface area is 127 Å². The van der Waals surface area contributed by atoms with Gasteiger partial charge in [-0.25, -0.2) is 9.97 Å². The van der Waals surface area contributed by atoms with Crippen LogP contribution in [0.3, 0.4) is 0 Å². The van der Waals surface area contributed by atoms with E-state index in [-0.39, 0.29) is 5.91 Å². The predicted octanol–water partition coefficient (Wildman–Crippen LogP) is 1.78. The van der Waals surface area contributed by atoms with Gasteiger partial charge in [-0.05, 0) is 12.8 Å². The number of likely N-dealkylation sites (N-methyl/N-ethyl adjacent to an activating group) is 2. The molecule has 0 saturated carbocycles. The Morgan fingerprint density at radius 3 is 2.48 bits per heavy atom. The normalized spacial score (nSPS) is 10.3. The first kappa shape index (κ1) is 17.2. The van der Waals surface area contributed by atoms with Gasteiger partial charge in [0.15, 0.2) is 0 Å². The van der Waals surface area contributed by atoms with Crippen LogP contribution in [0.2, 0.25) is 0 Å². The zero-order chi connectivity index (χ0) is 15.8. The van der Waals surface area contributed by atoms with E-state index in [1.807, 2.05) is 11.9 Å². The van der Waals surface area contributed by atoms with Crippen molar-refractivity contribution in [3.05, 3.63) is 11.9 Å². The van der Waals surface area contributed by atoms with Gasteiger partial charge in [0.25, 0.3) is 0 Å². The Balaban J connectivity index is 3.01. The van der Waals surface area contributed by atoms with Gasteiger partial charge in [-0.2, -0.15) is 0 Å². The largest absolute Gasteiger partial charge is 0.370 e. The lowest BCUT2D eigenvalue weighted by Crippen LogP contribution is -2.35. The summed E-state index contributed by atoms with van der Waals surface area (Å²) >= 11 is 0. The van der Waals surface area contributed by atoms with Gasteiger partial charge in [0.05, 0.1) is 6.54 Å². The van der Waals surface area contributed by atoms with Gasteiger partial charge in [0.2, 0.25) is 5.91 Å². The van der Waals surface area contributed by atoms with Crippen molar-refractivity contribution < 1.29 is 4.79 Å². The van der Waals surface area contributed by atoms with E-state index in [1.165, 1.54) is 0 Å². The maximum atomic E-state index is 11.9. The standard InChI is InChI=1S/C15H27N5O/c1-6-8-12-14(16-9-7-2)17-11-18-15(12)20(5)10-13(21)19(3)4/h11H,6-10H2,1-5H3,(H,16,17,18). The van der Waals surface area contributed by atoms with E-state index >= 15 is 0 Å². The minimum Gasteiger partial charge on any atom is -0.370 e. The minimum absolute atomic E-state index is 0.0571. The van der Waals surface area contributed by atoms with Gasteiger partial charge in [0.1, 0.15) is 18.0 Å². The van der Waals surface area contributed by atoms with E-state index in [2.05, 4.69) is 29.1 Å². The van der Waals surface area contributed by atoms with Gasteiger partial charge in [0, 0.05) is 33.3 Å². The van der Waals surface area contributed by atoms with Gasteiger partial charge in [-0.1, -0.05) is 20.3 Å². The molecule has 118 valence electrons. The van der Waals surface area contributed by atoms with Crippen LogP contribution >= 0.6 is 0 Å². The molecule has 0 unspecified atom stereocenters. The highest BCUT2D eigenvalue weighted by Crippen LogP contribution is 2.24. The molecule has 0 aliphatic rings. The molecule has 0 bridgehead atoms. The molecule has 21 heavy (non-hydrogen) atoms. The zero-order valence-corrected chi connectivity index (χ0v) is 13.8. The van der Waals surface area contributed by atoms with Crippen molar-refractivity contribution in [1.82, 2.24) is 14.9 Å². The molecule has 0 radical (unpaired) electrons. The van der Waals surface area contributed by atoms with Crippen molar-refractivity contribution in [3.8, 4) is 0 Å². The van der Waals surface area contributed by atoms with Crippen LogP contribution in [0, 0.1) is 0 Å². The molecule has 1 heterocycles. The first-order valence-electron chi connectivity index (χ1n) is 7.50. The molecular weight excluding hydrogens is 266 g/mol. The second-order valence-electron chi connectivity index (χ2n) is 5.35. The second kappa shape index (κ2) is 8.44. The van der Waals surface area contributed by atoms with Crippen LogP contribution in [-0.4, -0.2) is 55.0 Å². The average molecular weight is 293 g/mol. The first-order valence-corrected chi connectivity index (χ1v) is 7.50. The number of nitrogens with one attached hydrogen (secondary N) is 1. The molecule has 6 nitrogen and oxygen atoms in total. The fourth-order valence-electron chi connectivity index (χ4n) is 2.03. The van der Waals surface area contributed by atoms with E-state index in [1.54, 1.807) is 25.3 Å². The number of amides is 1. The summed E-state index contributed by atoms with van der Waals surface area (Å²) < 4.78 is 0. The maximum absolute atomic E-state index is 11.9. The molecule has 1 aromatic heterocycles. The molecular formula is C15H27N5O. The van der Waals surface area contributed by atoms with E-state index in [9.17, 15) is 4.79 Å². The Morgan fingerprint density at radius 2 is 1.90 bits per heavy atom. The van der Waals surface area contributed by atoms with Gasteiger partial charge in [-0.3, -0.25) is 4.79 Å². The summed E-state index contributed by atoms with van der Waals surface area (Å²) in [4.78, 5) is 24.1. The second-order valence-corrected chi connectivity index (χ2v) is 5.35. The van der Waals surface area contributed by atoms with Crippen molar-refractivity contribution in [2.45, 2.75) is 33.1 Å². The number of aromatic nitrogens is 2. The number of hydrogen-bond acceptors (Lipinski definition) is 5. The minimum atomic E-state index is 0.0571. The van der Waals surface area contributed by atoms with Crippen LogP contribution in [0.1, 0.15) is 32.3 Å². The number of carbonyl (C=O) groups is 1. The third-order valence-corrected chi connectivity index (χ3v) is 3.20. The molecule has 1 N–H and O–H groups in total. The van der Waals surface area contributed by atoms with Crippen molar-refractivity contribution in [1.29, 1.82) is 0 Å². The van der Waals surface area contributed by atoms with Crippen LogP contribution in [0.15, 0.2) is 6.33 Å². The first-order chi connectivity index (χ1) is 10.0. The van der Waals surface area contributed by atoms with E-state index in [0.29, 0.717) is 6.54 Å². The molecule has 0 saturated heterocycles. The summed E-state index contributed by atoms with van der Waals surface area (Å²) in [5.74, 6) is 1.77. The van der Waals surface area contributed by atoms with Crippen LogP contribution in [-0.2, 0) is 11.2 Å². The van der Waals surface area contributed by atoms with Crippen molar-refractivity contribution >= 4 is 17.5 Å². The molecule has 1 aromatic rings. The molecule has 1 rings (SSSR count). The highest BCUT2D eigenvalue weighted by molar-refractivity contribution is 5.81. The van der Waals surface area contributed by atoms with Gasteiger partial charge in [-0.15, -0.1) is 0 Å². The Bertz CT molecular complexity index is 461. The predicted molar refractivity (Wildman–Crippen MR) is 86.8 cm³/mol. The third-order valence-electron chi connectivity index (χ3n) is 3.20. The fraction of sp³-hybridized carbons (Fsp3) is 0.667. The molecule has 0 aliphatic carbocycles. The van der Waals surface area contributed by atoms with Crippen LogP contribution in [0.25, 0.3) is 0 Å². The number of rotatable bonds is 8. The fourth-order valence-corrected chi connectivity index (χ4v) is 2.03. The summed E-state index contributed by atoms with van der Waals surface area (Å²) in [7, 11) is 5.42. The number of anilines is 2. The lowest BCUT2D eigenvalue weighted by Gasteiger charge is -2.23. The Kier molecular flexibility index (Phi) is 6.91. The summed E-state index contributed by atoms with van der Waals surface area (Å²) in [6.07, 6.45) is 4.50. The monoisotopic (exact) mass is 293 g/mol. The van der Waals surface area contributed by atoms with E-state index < -0.39 is 0 Å². The third kappa shape index (κ3) is 4.88. The number of nitrogens with zero attached hydrogens (tertiary/aromatic N) is 4. The SMILES string of the molecule is CCCNc1ncnc(N(C)CC(=O)N(C)C)c1CCC. The smallest absolute Gasteiger partial charge is 0.241 e. The summed E-state index contributed by atoms with van der Waals surface area (Å²) in [5.41, 5.74) is 1.09. The quantitative estimate of drug-likeness (QED) is 0.791. The van der Waals surface area contributed by atoms with Crippen molar-refractivity contribution in [2.24, 2.45) is 0 Å². The highest BCUT2D eigenvalue weighted by atomic mass is 16.2. The lowest BCUT2D eigenvalue weighted by atomic mass is 10.1. The molecule has 0 spiro atoms.